The molecule has 135 valence electrons. The van der Waals surface area contributed by atoms with Crippen LogP contribution >= 0.6 is 0 Å². The van der Waals surface area contributed by atoms with Gasteiger partial charge in [-0.25, -0.2) is 8.42 Å². The normalized spacial score (nSPS) is 12.2. The molecule has 2 aromatic carbocycles. The van der Waals surface area contributed by atoms with Crippen LogP contribution in [0.4, 0.5) is 5.69 Å². The molecular weight excluding hydrogens is 332 g/mol. The molecule has 0 aromatic heterocycles. The lowest BCUT2D eigenvalue weighted by Crippen LogP contribution is -2.38. The van der Waals surface area contributed by atoms with E-state index in [1.807, 2.05) is 51.1 Å². The second-order valence-corrected chi connectivity index (χ2v) is 8.44. The Hall–Kier alpha value is -1.85. The van der Waals surface area contributed by atoms with Gasteiger partial charge in [-0.05, 0) is 48.6 Å². The maximum atomic E-state index is 13.2. The van der Waals surface area contributed by atoms with Crippen LogP contribution < -0.4 is 5.73 Å². The van der Waals surface area contributed by atoms with Crippen LogP contribution in [0.3, 0.4) is 0 Å². The van der Waals surface area contributed by atoms with Crippen LogP contribution in [-0.2, 0) is 16.4 Å². The fraction of sp³-hybridized carbons (Fsp3) is 0.350. The van der Waals surface area contributed by atoms with Crippen LogP contribution in [0.25, 0.3) is 0 Å². The van der Waals surface area contributed by atoms with Crippen LogP contribution in [-0.4, -0.2) is 19.3 Å². The van der Waals surface area contributed by atoms with E-state index < -0.39 is 10.0 Å². The van der Waals surface area contributed by atoms with Gasteiger partial charge >= 0.3 is 0 Å². The van der Waals surface area contributed by atoms with Crippen LogP contribution in [0.2, 0.25) is 0 Å². The summed E-state index contributed by atoms with van der Waals surface area (Å²) in [6.07, 6.45) is 1.30. The smallest absolute Gasteiger partial charge is 0.243 e. The molecule has 0 saturated carbocycles. The molecular formula is C20H27N2O2S. The third kappa shape index (κ3) is 5.06. The molecule has 1 radical (unpaired) electrons. The molecule has 0 aliphatic carbocycles. The molecule has 0 heterocycles. The molecule has 5 heteroatoms. The van der Waals surface area contributed by atoms with Crippen molar-refractivity contribution in [2.75, 3.05) is 12.3 Å². The lowest BCUT2D eigenvalue weighted by atomic mass is 10.0. The summed E-state index contributed by atoms with van der Waals surface area (Å²) in [5.41, 5.74) is 7.37. The second-order valence-electron chi connectivity index (χ2n) is 6.58. The summed E-state index contributed by atoms with van der Waals surface area (Å²) >= 11 is 0. The van der Waals surface area contributed by atoms with Crippen molar-refractivity contribution in [3.05, 3.63) is 66.2 Å². The molecule has 0 saturated heterocycles. The average Bonchev–Trinajstić information content (AvgIpc) is 2.59. The minimum absolute atomic E-state index is 0.223. The number of hydrogen-bond acceptors (Lipinski definition) is 3. The van der Waals surface area contributed by atoms with Gasteiger partial charge in [0.25, 0.3) is 0 Å². The highest BCUT2D eigenvalue weighted by atomic mass is 32.2. The second kappa shape index (κ2) is 8.50. The third-order valence-electron chi connectivity index (χ3n) is 4.01. The maximum Gasteiger partial charge on any atom is 0.243 e. The summed E-state index contributed by atoms with van der Waals surface area (Å²) in [5, 5.41) is 0. The van der Waals surface area contributed by atoms with Gasteiger partial charge in [0, 0.05) is 12.2 Å². The largest absolute Gasteiger partial charge is 0.399 e. The van der Waals surface area contributed by atoms with E-state index in [0.29, 0.717) is 25.1 Å². The fourth-order valence-electron chi connectivity index (χ4n) is 2.72. The first-order valence-electron chi connectivity index (χ1n) is 8.61. The Morgan fingerprint density at radius 3 is 2.16 bits per heavy atom. The summed E-state index contributed by atoms with van der Waals surface area (Å²) in [7, 11) is -3.60. The summed E-state index contributed by atoms with van der Waals surface area (Å²) in [6, 6.07) is 17.3. The van der Waals surface area contributed by atoms with E-state index in [2.05, 4.69) is 0 Å². The maximum absolute atomic E-state index is 13.2. The van der Waals surface area contributed by atoms with Crippen molar-refractivity contribution in [3.8, 4) is 0 Å². The molecule has 0 fully saturated rings. The van der Waals surface area contributed by atoms with Gasteiger partial charge in [-0.1, -0.05) is 51.1 Å². The van der Waals surface area contributed by atoms with E-state index in [4.69, 9.17) is 5.73 Å². The zero-order valence-electron chi connectivity index (χ0n) is 15.1. The van der Waals surface area contributed by atoms with E-state index in [1.165, 1.54) is 0 Å². The first-order chi connectivity index (χ1) is 11.8. The Morgan fingerprint density at radius 1 is 1.04 bits per heavy atom. The highest BCUT2D eigenvalue weighted by Gasteiger charge is 2.31. The molecule has 0 amide bonds. The molecule has 0 bridgehead atoms. The van der Waals surface area contributed by atoms with Crippen molar-refractivity contribution in [3.63, 3.8) is 0 Å². The average molecular weight is 360 g/mol. The van der Waals surface area contributed by atoms with Gasteiger partial charge in [-0.15, -0.1) is 0 Å². The number of nitrogens with two attached hydrogens (primary N) is 1. The first kappa shape index (κ1) is 19.5. The highest BCUT2D eigenvalue weighted by Crippen LogP contribution is 2.28. The van der Waals surface area contributed by atoms with E-state index in [0.717, 1.165) is 11.6 Å². The van der Waals surface area contributed by atoms with Gasteiger partial charge in [0.2, 0.25) is 10.0 Å². The minimum atomic E-state index is -3.60. The number of nitrogen functional groups attached to an aromatic ring is 1. The predicted molar refractivity (Wildman–Crippen MR) is 103 cm³/mol. The molecule has 25 heavy (non-hydrogen) atoms. The Balaban J connectivity index is 2.37. The van der Waals surface area contributed by atoms with E-state index in [-0.39, 0.29) is 10.8 Å². The number of rotatable bonds is 8. The summed E-state index contributed by atoms with van der Waals surface area (Å²) in [4.78, 5) is 0.279. The Labute approximate surface area is 151 Å². The quantitative estimate of drug-likeness (QED) is 0.722. The van der Waals surface area contributed by atoms with Gasteiger partial charge < -0.3 is 5.73 Å². The molecule has 0 aliphatic heterocycles. The lowest BCUT2D eigenvalue weighted by Gasteiger charge is -2.31. The predicted octanol–water partition coefficient (Wildman–Crippen LogP) is 4.10. The number of anilines is 1. The Kier molecular flexibility index (Phi) is 6.62. The summed E-state index contributed by atoms with van der Waals surface area (Å²) in [6.45, 7) is 6.52. The molecule has 2 N–H and O–H groups in total. The Bertz CT molecular complexity index is 756. The van der Waals surface area contributed by atoms with Crippen LogP contribution in [0.15, 0.2) is 59.5 Å². The van der Waals surface area contributed by atoms with Crippen LogP contribution in [0.1, 0.15) is 32.8 Å². The first-order valence-corrected chi connectivity index (χ1v) is 10.1. The molecule has 2 rings (SSSR count). The SMILES string of the molecule is CC[C](Cc1ccccc1)N(CC(C)C)S(=O)(=O)c1ccc(N)cc1. The molecule has 0 spiro atoms. The van der Waals surface area contributed by atoms with E-state index in [9.17, 15) is 8.42 Å². The van der Waals surface area contributed by atoms with Crippen molar-refractivity contribution in [2.45, 2.75) is 38.5 Å². The molecule has 0 unspecified atom stereocenters. The zero-order valence-corrected chi connectivity index (χ0v) is 16.0. The van der Waals surface area contributed by atoms with E-state index in [1.54, 1.807) is 28.6 Å². The van der Waals surface area contributed by atoms with Crippen molar-refractivity contribution >= 4 is 15.7 Å². The summed E-state index contributed by atoms with van der Waals surface area (Å²) < 4.78 is 28.0. The van der Waals surface area contributed by atoms with Gasteiger partial charge in [-0.3, -0.25) is 0 Å². The monoisotopic (exact) mass is 359 g/mol. The third-order valence-corrected chi connectivity index (χ3v) is 5.87. The van der Waals surface area contributed by atoms with Crippen molar-refractivity contribution < 1.29 is 8.42 Å². The van der Waals surface area contributed by atoms with Gasteiger partial charge in [0.15, 0.2) is 0 Å². The summed E-state index contributed by atoms with van der Waals surface area (Å²) in [5.74, 6) is 0.223. The van der Waals surface area contributed by atoms with Crippen molar-refractivity contribution in [1.29, 1.82) is 0 Å². The Morgan fingerprint density at radius 2 is 1.64 bits per heavy atom. The van der Waals surface area contributed by atoms with Crippen molar-refractivity contribution in [2.24, 2.45) is 5.92 Å². The number of hydrogen-bond donors (Lipinski definition) is 1. The van der Waals surface area contributed by atoms with Crippen LogP contribution in [0.5, 0.6) is 0 Å². The van der Waals surface area contributed by atoms with Gasteiger partial charge in [0.1, 0.15) is 0 Å². The molecule has 2 aromatic rings. The molecule has 4 nitrogen and oxygen atoms in total. The van der Waals surface area contributed by atoms with E-state index >= 15 is 0 Å². The topological polar surface area (TPSA) is 63.4 Å². The van der Waals surface area contributed by atoms with Gasteiger partial charge in [0.05, 0.1) is 10.9 Å². The molecule has 0 atom stereocenters. The van der Waals surface area contributed by atoms with Crippen molar-refractivity contribution in [1.82, 2.24) is 4.31 Å². The van der Waals surface area contributed by atoms with Crippen LogP contribution in [0, 0.1) is 12.0 Å². The fourth-order valence-corrected chi connectivity index (χ4v) is 4.48. The lowest BCUT2D eigenvalue weighted by molar-refractivity contribution is 0.358. The van der Waals surface area contributed by atoms with Gasteiger partial charge in [-0.2, -0.15) is 4.31 Å². The highest BCUT2D eigenvalue weighted by molar-refractivity contribution is 7.89. The standard InChI is InChI=1S/C20H27N2O2S/c1-4-19(14-17-8-6-5-7-9-17)22(15-16(2)3)25(23,24)20-12-10-18(21)11-13-20/h5-13,16H,4,14-15,21H2,1-3H3. The number of sulfonamides is 1. The number of nitrogens with zero attached hydrogens (tertiary/aromatic N) is 1. The number of benzene rings is 2. The minimum Gasteiger partial charge on any atom is -0.399 e. The molecule has 0 aliphatic rings. The zero-order chi connectivity index (χ0) is 18.4.